The molecule has 1 aliphatic carbocycles. The van der Waals surface area contributed by atoms with Crippen LogP contribution in [0.3, 0.4) is 0 Å². The van der Waals surface area contributed by atoms with Crippen LogP contribution in [-0.2, 0) is 0 Å². The lowest BCUT2D eigenvalue weighted by atomic mass is 10.2. The second-order valence-corrected chi connectivity index (χ2v) is 3.23. The largest absolute Gasteiger partial charge is 0.0882 e. The summed E-state index contributed by atoms with van der Waals surface area (Å²) in [5.74, 6) is 0. The average Bonchev–Trinajstić information content (AvgIpc) is 2.18. The van der Waals surface area contributed by atoms with Crippen LogP contribution in [0.4, 0.5) is 0 Å². The molecule has 13 heavy (non-hydrogen) atoms. The van der Waals surface area contributed by atoms with E-state index in [-0.39, 0.29) is 0 Å². The van der Waals surface area contributed by atoms with Crippen molar-refractivity contribution in [3.05, 3.63) is 48.6 Å². The highest BCUT2D eigenvalue weighted by molar-refractivity contribution is 5.12. The monoisotopic (exact) mass is 174 g/mol. The smallest absolute Gasteiger partial charge is 0.0166 e. The summed E-state index contributed by atoms with van der Waals surface area (Å²) in [4.78, 5) is 0. The maximum atomic E-state index is 2.29. The number of hydrogen-bond acceptors (Lipinski definition) is 0. The summed E-state index contributed by atoms with van der Waals surface area (Å²) >= 11 is 0. The topological polar surface area (TPSA) is 0 Å². The Bertz CT molecular complexity index is 216. The molecule has 70 valence electrons. The molecule has 0 aromatic rings. The van der Waals surface area contributed by atoms with Gasteiger partial charge in [0.25, 0.3) is 0 Å². The molecule has 1 rings (SSSR count). The third-order valence-corrected chi connectivity index (χ3v) is 2.04. The summed E-state index contributed by atoms with van der Waals surface area (Å²) in [7, 11) is 0. The average molecular weight is 174 g/mol. The van der Waals surface area contributed by atoms with Crippen LogP contribution < -0.4 is 0 Å². The van der Waals surface area contributed by atoms with Gasteiger partial charge in [-0.05, 0) is 32.1 Å². The molecular formula is C13H18. The van der Waals surface area contributed by atoms with Gasteiger partial charge in [-0.2, -0.15) is 0 Å². The molecule has 0 N–H and O–H groups in total. The fourth-order valence-corrected chi connectivity index (χ4v) is 1.28. The van der Waals surface area contributed by atoms with E-state index < -0.39 is 0 Å². The predicted octanol–water partition coefficient (Wildman–Crippen LogP) is 4.18. The van der Waals surface area contributed by atoms with Crippen LogP contribution in [-0.4, -0.2) is 0 Å². The second-order valence-electron chi connectivity index (χ2n) is 3.23. The van der Waals surface area contributed by atoms with Crippen LogP contribution in [0.2, 0.25) is 0 Å². The van der Waals surface area contributed by atoms with Gasteiger partial charge in [-0.1, -0.05) is 48.6 Å². The standard InChI is InChI=1S/C13H18/c1-2-4-6-8-10-12-13-11-9-7-5-3-1/h1-6,9,11H,7-8,10,12-13H2/b2-1?,5-3?,6-4+,11-9+. The van der Waals surface area contributed by atoms with E-state index in [0.717, 1.165) is 6.42 Å². The highest BCUT2D eigenvalue weighted by atomic mass is 13.9. The first-order chi connectivity index (χ1) is 6.50. The minimum Gasteiger partial charge on any atom is -0.0882 e. The number of rotatable bonds is 0. The molecule has 0 saturated carbocycles. The third-order valence-electron chi connectivity index (χ3n) is 2.04. The van der Waals surface area contributed by atoms with Crippen molar-refractivity contribution in [2.75, 3.05) is 0 Å². The molecule has 0 atom stereocenters. The quantitative estimate of drug-likeness (QED) is 0.483. The minimum absolute atomic E-state index is 1.06. The van der Waals surface area contributed by atoms with Gasteiger partial charge < -0.3 is 0 Å². The van der Waals surface area contributed by atoms with Crippen molar-refractivity contribution in [1.82, 2.24) is 0 Å². The van der Waals surface area contributed by atoms with Gasteiger partial charge in [0, 0.05) is 0 Å². The van der Waals surface area contributed by atoms with Crippen LogP contribution >= 0.6 is 0 Å². The van der Waals surface area contributed by atoms with Gasteiger partial charge in [-0.3, -0.25) is 0 Å². The van der Waals surface area contributed by atoms with E-state index in [1.54, 1.807) is 0 Å². The van der Waals surface area contributed by atoms with E-state index >= 15 is 0 Å². The van der Waals surface area contributed by atoms with E-state index in [1.807, 2.05) is 0 Å². The Morgan fingerprint density at radius 2 is 1.23 bits per heavy atom. The summed E-state index contributed by atoms with van der Waals surface area (Å²) < 4.78 is 0. The lowest BCUT2D eigenvalue weighted by Gasteiger charge is -1.91. The van der Waals surface area contributed by atoms with Gasteiger partial charge in [0.05, 0.1) is 0 Å². The molecule has 0 saturated heterocycles. The van der Waals surface area contributed by atoms with Crippen LogP contribution in [0, 0.1) is 0 Å². The van der Waals surface area contributed by atoms with Gasteiger partial charge in [0.1, 0.15) is 0 Å². The molecule has 0 fully saturated rings. The first-order valence-electron chi connectivity index (χ1n) is 5.13. The second kappa shape index (κ2) is 7.60. The van der Waals surface area contributed by atoms with Crippen LogP contribution in [0.1, 0.15) is 32.1 Å². The molecule has 0 unspecified atom stereocenters. The van der Waals surface area contributed by atoms with Crippen molar-refractivity contribution in [1.29, 1.82) is 0 Å². The predicted molar refractivity (Wildman–Crippen MR) is 59.6 cm³/mol. The fourth-order valence-electron chi connectivity index (χ4n) is 1.28. The Kier molecular flexibility index (Phi) is 5.87. The summed E-state index contributed by atoms with van der Waals surface area (Å²) in [6.45, 7) is 0. The molecule has 0 nitrogen and oxygen atoms in total. The minimum atomic E-state index is 1.06. The number of allylic oxidation sites excluding steroid dienone is 8. The molecule has 0 heteroatoms. The lowest BCUT2D eigenvalue weighted by Crippen LogP contribution is -1.71. The van der Waals surface area contributed by atoms with Gasteiger partial charge in [0.15, 0.2) is 0 Å². The first kappa shape index (κ1) is 10.0. The molecule has 0 spiro atoms. The van der Waals surface area contributed by atoms with Gasteiger partial charge in [-0.25, -0.2) is 0 Å². The van der Waals surface area contributed by atoms with E-state index in [0.29, 0.717) is 0 Å². The summed E-state index contributed by atoms with van der Waals surface area (Å²) in [5.41, 5.74) is 0. The Labute approximate surface area is 81.4 Å². The van der Waals surface area contributed by atoms with E-state index in [4.69, 9.17) is 0 Å². The van der Waals surface area contributed by atoms with Crippen molar-refractivity contribution in [3.8, 4) is 0 Å². The van der Waals surface area contributed by atoms with Crippen molar-refractivity contribution >= 4 is 0 Å². The molecule has 0 heterocycles. The highest BCUT2D eigenvalue weighted by Gasteiger charge is 1.83. The van der Waals surface area contributed by atoms with E-state index in [9.17, 15) is 0 Å². The Morgan fingerprint density at radius 3 is 2.08 bits per heavy atom. The maximum absolute atomic E-state index is 2.29. The Balaban J connectivity index is 2.38. The lowest BCUT2D eigenvalue weighted by molar-refractivity contribution is 0.761. The molecule has 1 aliphatic rings. The molecule has 0 bridgehead atoms. The van der Waals surface area contributed by atoms with Crippen molar-refractivity contribution in [2.24, 2.45) is 0 Å². The van der Waals surface area contributed by atoms with E-state index in [2.05, 4.69) is 48.6 Å². The molecule has 0 aromatic heterocycles. The van der Waals surface area contributed by atoms with Crippen molar-refractivity contribution < 1.29 is 0 Å². The Morgan fingerprint density at radius 1 is 0.538 bits per heavy atom. The van der Waals surface area contributed by atoms with Crippen molar-refractivity contribution in [2.45, 2.75) is 32.1 Å². The Hall–Kier alpha value is -1.04. The zero-order valence-electron chi connectivity index (χ0n) is 8.15. The summed E-state index contributed by atoms with van der Waals surface area (Å²) in [6.07, 6.45) is 23.5. The molecule has 0 radical (unpaired) electrons. The zero-order valence-corrected chi connectivity index (χ0v) is 8.15. The van der Waals surface area contributed by atoms with Gasteiger partial charge in [0.2, 0.25) is 0 Å². The summed E-state index contributed by atoms with van der Waals surface area (Å²) in [5, 5.41) is 0. The summed E-state index contributed by atoms with van der Waals surface area (Å²) in [6, 6.07) is 0. The molecule has 0 aromatic carbocycles. The molecular weight excluding hydrogens is 156 g/mol. The van der Waals surface area contributed by atoms with E-state index in [1.165, 1.54) is 25.7 Å². The van der Waals surface area contributed by atoms with Crippen LogP contribution in [0.25, 0.3) is 0 Å². The van der Waals surface area contributed by atoms with Crippen LogP contribution in [0.15, 0.2) is 48.6 Å². The number of hydrogen-bond donors (Lipinski definition) is 0. The van der Waals surface area contributed by atoms with Crippen molar-refractivity contribution in [3.63, 3.8) is 0 Å². The van der Waals surface area contributed by atoms with Gasteiger partial charge >= 0.3 is 0 Å². The normalized spacial score (nSPS) is 24.0. The first-order valence-corrected chi connectivity index (χ1v) is 5.13. The third kappa shape index (κ3) is 6.15. The molecule has 0 amide bonds. The SMILES string of the molecule is C1=C/C=C/CCCC/C=C/CC=C1. The van der Waals surface area contributed by atoms with Crippen LogP contribution in [0.5, 0.6) is 0 Å². The highest BCUT2D eigenvalue weighted by Crippen LogP contribution is 2.03. The van der Waals surface area contributed by atoms with Gasteiger partial charge in [-0.15, -0.1) is 0 Å². The maximum Gasteiger partial charge on any atom is -0.0166 e. The molecule has 0 aliphatic heterocycles. The fraction of sp³-hybridized carbons (Fsp3) is 0.385. The zero-order chi connectivity index (χ0) is 9.19.